The van der Waals surface area contributed by atoms with Gasteiger partial charge in [0.1, 0.15) is 0 Å². The summed E-state index contributed by atoms with van der Waals surface area (Å²) in [7, 11) is 0. The lowest BCUT2D eigenvalue weighted by Gasteiger charge is -2.09. The van der Waals surface area contributed by atoms with E-state index in [1.54, 1.807) is 11.3 Å². The van der Waals surface area contributed by atoms with E-state index in [9.17, 15) is 0 Å². The zero-order valence-corrected chi connectivity index (χ0v) is 13.9. The lowest BCUT2D eigenvalue weighted by Crippen LogP contribution is -2.13. The van der Waals surface area contributed by atoms with Crippen LogP contribution in [0.1, 0.15) is 22.4 Å². The number of hydrogen-bond donors (Lipinski definition) is 1. The first-order valence-electron chi connectivity index (χ1n) is 7.97. The SMILES string of the molecule is C(CCNCc1cccs1)=C(c1ccccc1)c1ccccc1. The predicted octanol–water partition coefficient (Wildman–Crippen LogP) is 5.36. The molecule has 0 spiro atoms. The molecule has 0 saturated carbocycles. The van der Waals surface area contributed by atoms with Gasteiger partial charge in [0.2, 0.25) is 0 Å². The fourth-order valence-corrected chi connectivity index (χ4v) is 3.26. The Kier molecular flexibility index (Phi) is 5.79. The molecule has 0 radical (unpaired) electrons. The van der Waals surface area contributed by atoms with E-state index in [4.69, 9.17) is 0 Å². The molecule has 0 unspecified atom stereocenters. The van der Waals surface area contributed by atoms with Crippen molar-refractivity contribution < 1.29 is 0 Å². The normalized spacial score (nSPS) is 10.4. The smallest absolute Gasteiger partial charge is 0.0299 e. The number of benzene rings is 2. The lowest BCUT2D eigenvalue weighted by atomic mass is 9.97. The van der Waals surface area contributed by atoms with Crippen molar-refractivity contribution in [3.05, 3.63) is 100 Å². The van der Waals surface area contributed by atoms with Gasteiger partial charge in [-0.3, -0.25) is 0 Å². The molecule has 0 aliphatic carbocycles. The molecule has 0 aliphatic rings. The summed E-state index contributed by atoms with van der Waals surface area (Å²) in [4.78, 5) is 1.39. The van der Waals surface area contributed by atoms with Crippen LogP contribution in [0.3, 0.4) is 0 Å². The third-order valence-electron chi connectivity index (χ3n) is 3.72. The van der Waals surface area contributed by atoms with Crippen molar-refractivity contribution in [3.8, 4) is 0 Å². The zero-order chi connectivity index (χ0) is 15.7. The van der Waals surface area contributed by atoms with Crippen molar-refractivity contribution >= 4 is 16.9 Å². The first-order valence-corrected chi connectivity index (χ1v) is 8.85. The Labute approximate surface area is 142 Å². The highest BCUT2D eigenvalue weighted by atomic mass is 32.1. The van der Waals surface area contributed by atoms with Crippen LogP contribution in [0.25, 0.3) is 5.57 Å². The van der Waals surface area contributed by atoms with Gasteiger partial charge in [0, 0.05) is 11.4 Å². The monoisotopic (exact) mass is 319 g/mol. The molecule has 1 N–H and O–H groups in total. The van der Waals surface area contributed by atoms with Crippen molar-refractivity contribution in [2.75, 3.05) is 6.54 Å². The highest BCUT2D eigenvalue weighted by Gasteiger charge is 2.03. The van der Waals surface area contributed by atoms with Crippen LogP contribution in [0.4, 0.5) is 0 Å². The van der Waals surface area contributed by atoms with Crippen molar-refractivity contribution in [2.45, 2.75) is 13.0 Å². The highest BCUT2D eigenvalue weighted by molar-refractivity contribution is 7.09. The molecule has 116 valence electrons. The van der Waals surface area contributed by atoms with Gasteiger partial charge in [-0.2, -0.15) is 0 Å². The Bertz CT molecular complexity index is 674. The average molecular weight is 319 g/mol. The molecule has 0 atom stereocenters. The molecular weight excluding hydrogens is 298 g/mol. The molecule has 1 heterocycles. The predicted molar refractivity (Wildman–Crippen MR) is 101 cm³/mol. The summed E-state index contributed by atoms with van der Waals surface area (Å²) >= 11 is 1.80. The molecule has 0 fully saturated rings. The van der Waals surface area contributed by atoms with Crippen LogP contribution in [0.15, 0.2) is 84.3 Å². The van der Waals surface area contributed by atoms with Crippen LogP contribution < -0.4 is 5.32 Å². The van der Waals surface area contributed by atoms with E-state index in [0.29, 0.717) is 0 Å². The fourth-order valence-electron chi connectivity index (χ4n) is 2.58. The third-order valence-corrected chi connectivity index (χ3v) is 4.59. The van der Waals surface area contributed by atoms with Crippen molar-refractivity contribution in [1.82, 2.24) is 5.32 Å². The number of thiophene rings is 1. The summed E-state index contributed by atoms with van der Waals surface area (Å²) in [6.07, 6.45) is 3.36. The van der Waals surface area contributed by atoms with Crippen LogP contribution in [-0.4, -0.2) is 6.54 Å². The molecule has 3 rings (SSSR count). The summed E-state index contributed by atoms with van der Waals surface area (Å²) in [6.45, 7) is 1.94. The molecule has 3 aromatic rings. The van der Waals surface area contributed by atoms with Crippen molar-refractivity contribution in [2.24, 2.45) is 0 Å². The van der Waals surface area contributed by atoms with E-state index in [1.807, 2.05) is 0 Å². The van der Waals surface area contributed by atoms with Gasteiger partial charge in [-0.25, -0.2) is 0 Å². The fraction of sp³-hybridized carbons (Fsp3) is 0.143. The Morgan fingerprint density at radius 1 is 0.826 bits per heavy atom. The van der Waals surface area contributed by atoms with Crippen LogP contribution in [0.2, 0.25) is 0 Å². The second kappa shape index (κ2) is 8.47. The summed E-state index contributed by atoms with van der Waals surface area (Å²) in [5.41, 5.74) is 3.86. The summed E-state index contributed by atoms with van der Waals surface area (Å²) in [5, 5.41) is 5.64. The van der Waals surface area contributed by atoms with E-state index in [-0.39, 0.29) is 0 Å². The van der Waals surface area contributed by atoms with E-state index in [2.05, 4.69) is 89.6 Å². The Balaban J connectivity index is 1.66. The van der Waals surface area contributed by atoms with Crippen LogP contribution in [0.5, 0.6) is 0 Å². The van der Waals surface area contributed by atoms with Crippen LogP contribution in [-0.2, 0) is 6.54 Å². The Morgan fingerprint density at radius 2 is 1.48 bits per heavy atom. The summed E-state index contributed by atoms with van der Waals surface area (Å²) in [6, 6.07) is 25.5. The largest absolute Gasteiger partial charge is 0.312 e. The van der Waals surface area contributed by atoms with E-state index < -0.39 is 0 Å². The topological polar surface area (TPSA) is 12.0 Å². The van der Waals surface area contributed by atoms with Gasteiger partial charge in [0.05, 0.1) is 0 Å². The molecule has 23 heavy (non-hydrogen) atoms. The zero-order valence-electron chi connectivity index (χ0n) is 13.1. The highest BCUT2D eigenvalue weighted by Crippen LogP contribution is 2.23. The maximum atomic E-state index is 3.51. The standard InChI is InChI=1S/C21H21NS/c1-3-9-18(10-4-1)21(19-11-5-2-6-12-19)14-7-15-22-17-20-13-8-16-23-20/h1-6,8-14,16,22H,7,15,17H2. The molecule has 0 saturated heterocycles. The van der Waals surface area contributed by atoms with Gasteiger partial charge < -0.3 is 5.32 Å². The molecule has 0 bridgehead atoms. The van der Waals surface area contributed by atoms with Crippen molar-refractivity contribution in [1.29, 1.82) is 0 Å². The van der Waals surface area contributed by atoms with E-state index >= 15 is 0 Å². The van der Waals surface area contributed by atoms with Gasteiger partial charge in [-0.1, -0.05) is 72.8 Å². The van der Waals surface area contributed by atoms with Gasteiger partial charge in [0.25, 0.3) is 0 Å². The van der Waals surface area contributed by atoms with Crippen LogP contribution in [0, 0.1) is 0 Å². The molecule has 0 amide bonds. The molecular formula is C21H21NS. The first-order chi connectivity index (χ1) is 11.4. The average Bonchev–Trinajstić information content (AvgIpc) is 3.13. The maximum absolute atomic E-state index is 3.51. The van der Waals surface area contributed by atoms with Gasteiger partial charge in [-0.05, 0) is 41.1 Å². The minimum atomic E-state index is 0.956. The van der Waals surface area contributed by atoms with E-state index in [0.717, 1.165) is 19.5 Å². The number of rotatable bonds is 7. The summed E-state index contributed by atoms with van der Waals surface area (Å²) < 4.78 is 0. The third kappa shape index (κ3) is 4.65. The maximum Gasteiger partial charge on any atom is 0.0299 e. The molecule has 1 aromatic heterocycles. The van der Waals surface area contributed by atoms with Crippen LogP contribution >= 0.6 is 11.3 Å². The Hall–Kier alpha value is -2.16. The minimum Gasteiger partial charge on any atom is -0.312 e. The molecule has 1 nitrogen and oxygen atoms in total. The Morgan fingerprint density at radius 3 is 2.04 bits per heavy atom. The minimum absolute atomic E-state index is 0.956. The quantitative estimate of drug-likeness (QED) is 0.578. The van der Waals surface area contributed by atoms with Gasteiger partial charge in [0.15, 0.2) is 0 Å². The molecule has 2 heteroatoms. The molecule has 2 aromatic carbocycles. The second-order valence-electron chi connectivity index (χ2n) is 5.39. The lowest BCUT2D eigenvalue weighted by molar-refractivity contribution is 0.703. The first kappa shape index (κ1) is 15.7. The molecule has 0 aliphatic heterocycles. The summed E-state index contributed by atoms with van der Waals surface area (Å²) in [5.74, 6) is 0. The van der Waals surface area contributed by atoms with Gasteiger partial charge >= 0.3 is 0 Å². The van der Waals surface area contributed by atoms with Gasteiger partial charge in [-0.15, -0.1) is 11.3 Å². The number of nitrogens with one attached hydrogen (secondary N) is 1. The van der Waals surface area contributed by atoms with Crippen molar-refractivity contribution in [3.63, 3.8) is 0 Å². The number of hydrogen-bond acceptors (Lipinski definition) is 2. The van der Waals surface area contributed by atoms with E-state index in [1.165, 1.54) is 21.6 Å². The second-order valence-corrected chi connectivity index (χ2v) is 6.43.